The van der Waals surface area contributed by atoms with Crippen molar-refractivity contribution in [3.63, 3.8) is 0 Å². The van der Waals surface area contributed by atoms with Gasteiger partial charge in [0.15, 0.2) is 0 Å². The van der Waals surface area contributed by atoms with Gasteiger partial charge in [0.1, 0.15) is 11.5 Å². The number of carbonyl (C=O) groups excluding carboxylic acids is 1. The minimum Gasteiger partial charge on any atom is -0.507 e. The SMILES string of the molecule is CC=Cc1c(O)ccc2c1OC(C)(O)C2=O. The molecule has 0 aliphatic carbocycles. The smallest absolute Gasteiger partial charge is 0.270 e. The topological polar surface area (TPSA) is 66.8 Å². The zero-order chi connectivity index (χ0) is 11.9. The van der Waals surface area contributed by atoms with Gasteiger partial charge in [0.2, 0.25) is 5.78 Å². The summed E-state index contributed by atoms with van der Waals surface area (Å²) in [6.45, 7) is 3.07. The third kappa shape index (κ3) is 1.39. The van der Waals surface area contributed by atoms with Crippen LogP contribution in [0.2, 0.25) is 0 Å². The first kappa shape index (κ1) is 10.7. The van der Waals surface area contributed by atoms with E-state index in [-0.39, 0.29) is 17.1 Å². The molecule has 2 rings (SSSR count). The van der Waals surface area contributed by atoms with Gasteiger partial charge in [0.05, 0.1) is 11.1 Å². The van der Waals surface area contributed by atoms with Gasteiger partial charge in [-0.15, -0.1) is 0 Å². The molecule has 1 aliphatic heterocycles. The van der Waals surface area contributed by atoms with E-state index in [0.717, 1.165) is 0 Å². The first-order valence-corrected chi connectivity index (χ1v) is 4.92. The molecule has 84 valence electrons. The molecule has 0 aromatic heterocycles. The lowest BCUT2D eigenvalue weighted by Gasteiger charge is -2.14. The number of ether oxygens (including phenoxy) is 1. The molecule has 1 aromatic carbocycles. The number of fused-ring (bicyclic) bond motifs is 1. The zero-order valence-corrected chi connectivity index (χ0v) is 9.02. The summed E-state index contributed by atoms with van der Waals surface area (Å²) in [5, 5.41) is 19.3. The number of carbonyl (C=O) groups is 1. The van der Waals surface area contributed by atoms with Gasteiger partial charge >= 0.3 is 0 Å². The number of hydrogen-bond acceptors (Lipinski definition) is 4. The minimum absolute atomic E-state index is 0.0161. The van der Waals surface area contributed by atoms with Crippen LogP contribution in [0.3, 0.4) is 0 Å². The molecule has 16 heavy (non-hydrogen) atoms. The fourth-order valence-corrected chi connectivity index (χ4v) is 1.70. The van der Waals surface area contributed by atoms with Crippen molar-refractivity contribution < 1.29 is 19.7 Å². The van der Waals surface area contributed by atoms with Crippen LogP contribution in [0.1, 0.15) is 29.8 Å². The maximum atomic E-state index is 11.7. The van der Waals surface area contributed by atoms with Crippen LogP contribution in [0.25, 0.3) is 6.08 Å². The highest BCUT2D eigenvalue weighted by molar-refractivity contribution is 6.07. The molecule has 1 atom stereocenters. The summed E-state index contributed by atoms with van der Waals surface area (Å²) in [6, 6.07) is 2.86. The molecule has 0 spiro atoms. The Kier molecular flexibility index (Phi) is 2.24. The number of Topliss-reactive ketones (excluding diaryl/α,β-unsaturated/α-hetero) is 1. The second kappa shape index (κ2) is 3.35. The molecule has 4 heteroatoms. The quantitative estimate of drug-likeness (QED) is 0.756. The van der Waals surface area contributed by atoms with E-state index in [0.29, 0.717) is 5.56 Å². The molecule has 0 saturated carbocycles. The Morgan fingerprint density at radius 3 is 2.75 bits per heavy atom. The maximum absolute atomic E-state index is 11.7. The third-order valence-electron chi connectivity index (χ3n) is 2.47. The number of allylic oxidation sites excluding steroid dienone is 1. The highest BCUT2D eigenvalue weighted by Crippen LogP contribution is 2.41. The second-order valence-electron chi connectivity index (χ2n) is 3.79. The number of phenols is 1. The lowest BCUT2D eigenvalue weighted by molar-refractivity contribution is -0.0750. The molecule has 1 aliphatic rings. The predicted molar refractivity (Wildman–Crippen MR) is 58.4 cm³/mol. The third-order valence-corrected chi connectivity index (χ3v) is 2.47. The van der Waals surface area contributed by atoms with E-state index in [2.05, 4.69) is 0 Å². The highest BCUT2D eigenvalue weighted by atomic mass is 16.6. The number of aliphatic hydroxyl groups is 1. The Balaban J connectivity index is 2.66. The molecule has 0 fully saturated rings. The van der Waals surface area contributed by atoms with Crippen molar-refractivity contribution >= 4 is 11.9 Å². The van der Waals surface area contributed by atoms with E-state index in [1.165, 1.54) is 19.1 Å². The van der Waals surface area contributed by atoms with Gasteiger partial charge in [-0.05, 0) is 19.1 Å². The number of ketones is 1. The normalized spacial score (nSPS) is 23.6. The first-order chi connectivity index (χ1) is 7.47. The summed E-state index contributed by atoms with van der Waals surface area (Å²) in [4.78, 5) is 11.7. The molecule has 2 N–H and O–H groups in total. The van der Waals surface area contributed by atoms with E-state index < -0.39 is 11.6 Å². The molecule has 1 heterocycles. The van der Waals surface area contributed by atoms with Gasteiger partial charge in [-0.25, -0.2) is 0 Å². The van der Waals surface area contributed by atoms with Crippen molar-refractivity contribution in [2.24, 2.45) is 0 Å². The summed E-state index contributed by atoms with van der Waals surface area (Å²) in [6.07, 6.45) is 3.35. The van der Waals surface area contributed by atoms with Crippen molar-refractivity contribution in [1.29, 1.82) is 0 Å². The molecule has 0 amide bonds. The number of benzene rings is 1. The number of rotatable bonds is 1. The summed E-state index contributed by atoms with van der Waals surface area (Å²) < 4.78 is 5.17. The second-order valence-corrected chi connectivity index (χ2v) is 3.79. The average molecular weight is 220 g/mol. The van der Waals surface area contributed by atoms with Crippen LogP contribution >= 0.6 is 0 Å². The Labute approximate surface area is 92.8 Å². The van der Waals surface area contributed by atoms with E-state index in [4.69, 9.17) is 4.74 Å². The van der Waals surface area contributed by atoms with Crippen LogP contribution in [0, 0.1) is 0 Å². The van der Waals surface area contributed by atoms with Crippen molar-refractivity contribution in [2.45, 2.75) is 19.6 Å². The van der Waals surface area contributed by atoms with Crippen LogP contribution in [-0.4, -0.2) is 21.8 Å². The van der Waals surface area contributed by atoms with Crippen molar-refractivity contribution in [2.75, 3.05) is 0 Å². The number of phenolic OH excluding ortho intramolecular Hbond substituents is 1. The van der Waals surface area contributed by atoms with Gasteiger partial charge < -0.3 is 14.9 Å². The average Bonchev–Trinajstić information content (AvgIpc) is 2.44. The Bertz CT molecular complexity index is 486. The summed E-state index contributed by atoms with van der Waals surface area (Å²) in [5.74, 6) is -2.09. The van der Waals surface area contributed by atoms with E-state index in [1.54, 1.807) is 19.1 Å². The van der Waals surface area contributed by atoms with E-state index in [1.807, 2.05) is 0 Å². The fraction of sp³-hybridized carbons (Fsp3) is 0.250. The van der Waals surface area contributed by atoms with Crippen molar-refractivity contribution in [3.05, 3.63) is 29.3 Å². The Hall–Kier alpha value is -1.81. The zero-order valence-electron chi connectivity index (χ0n) is 9.02. The maximum Gasteiger partial charge on any atom is 0.270 e. The largest absolute Gasteiger partial charge is 0.507 e. The minimum atomic E-state index is -1.84. The monoisotopic (exact) mass is 220 g/mol. The van der Waals surface area contributed by atoms with Crippen molar-refractivity contribution in [3.8, 4) is 11.5 Å². The van der Waals surface area contributed by atoms with Gasteiger partial charge in [0.25, 0.3) is 5.79 Å². The van der Waals surface area contributed by atoms with Crippen LogP contribution in [0.15, 0.2) is 18.2 Å². The van der Waals surface area contributed by atoms with Gasteiger partial charge in [0, 0.05) is 6.92 Å². The molecular weight excluding hydrogens is 208 g/mol. The Morgan fingerprint density at radius 2 is 2.12 bits per heavy atom. The molecule has 0 radical (unpaired) electrons. The lowest BCUT2D eigenvalue weighted by Crippen LogP contribution is -2.35. The van der Waals surface area contributed by atoms with Crippen LogP contribution in [0.5, 0.6) is 11.5 Å². The first-order valence-electron chi connectivity index (χ1n) is 4.92. The number of aromatic hydroxyl groups is 1. The summed E-state index contributed by atoms with van der Waals surface area (Å²) >= 11 is 0. The number of hydrogen-bond donors (Lipinski definition) is 2. The van der Waals surface area contributed by atoms with Gasteiger partial charge in [-0.2, -0.15) is 0 Å². The molecular formula is C12H12O4. The molecule has 0 bridgehead atoms. The summed E-state index contributed by atoms with van der Waals surface area (Å²) in [7, 11) is 0. The molecule has 0 saturated heterocycles. The molecule has 4 nitrogen and oxygen atoms in total. The predicted octanol–water partition coefficient (Wildman–Crippen LogP) is 1.71. The van der Waals surface area contributed by atoms with Crippen molar-refractivity contribution in [1.82, 2.24) is 0 Å². The fourth-order valence-electron chi connectivity index (χ4n) is 1.70. The van der Waals surface area contributed by atoms with Crippen LogP contribution in [0.4, 0.5) is 0 Å². The van der Waals surface area contributed by atoms with Gasteiger partial charge in [-0.3, -0.25) is 4.79 Å². The summed E-state index contributed by atoms with van der Waals surface area (Å²) in [5.41, 5.74) is 0.696. The lowest BCUT2D eigenvalue weighted by atomic mass is 10.0. The van der Waals surface area contributed by atoms with Crippen LogP contribution < -0.4 is 4.74 Å². The standard InChI is InChI=1S/C12H12O4/c1-3-4-7-9(13)6-5-8-10(7)16-12(2,15)11(8)14/h3-6,13,15H,1-2H3. The van der Waals surface area contributed by atoms with Gasteiger partial charge in [-0.1, -0.05) is 12.2 Å². The Morgan fingerprint density at radius 1 is 1.44 bits per heavy atom. The van der Waals surface area contributed by atoms with Crippen LogP contribution in [-0.2, 0) is 0 Å². The molecule has 1 aromatic rings. The molecule has 1 unspecified atom stereocenters. The van der Waals surface area contributed by atoms with E-state index >= 15 is 0 Å². The highest BCUT2D eigenvalue weighted by Gasteiger charge is 2.43. The van der Waals surface area contributed by atoms with E-state index in [9.17, 15) is 15.0 Å².